The molecule has 7 heteroatoms. The standard InChI is InChI=1S/C21H26ClN3O3/c1-14-12-17(20(28-3)13-16(14)22)23-21(27)15(2)24-8-10-25(11-9-24)18-6-4-5-7-19(18)26/h4-7,12-13,15,26H,8-11H2,1-3H3,(H,23,27)/p+1/t15-/m1/s1. The second-order valence-electron chi connectivity index (χ2n) is 7.15. The Morgan fingerprint density at radius 3 is 2.61 bits per heavy atom. The summed E-state index contributed by atoms with van der Waals surface area (Å²) in [4.78, 5) is 16.2. The Morgan fingerprint density at radius 1 is 1.29 bits per heavy atom. The van der Waals surface area contributed by atoms with E-state index in [0.717, 1.165) is 37.4 Å². The topological polar surface area (TPSA) is 66.2 Å². The van der Waals surface area contributed by atoms with Gasteiger partial charge in [0.25, 0.3) is 5.91 Å². The molecule has 0 radical (unpaired) electrons. The first-order valence-corrected chi connectivity index (χ1v) is 9.81. The largest absolute Gasteiger partial charge is 0.506 e. The van der Waals surface area contributed by atoms with Crippen molar-refractivity contribution in [2.75, 3.05) is 43.5 Å². The number of nitrogens with one attached hydrogen (secondary N) is 2. The molecule has 3 N–H and O–H groups in total. The highest BCUT2D eigenvalue weighted by molar-refractivity contribution is 6.31. The zero-order valence-corrected chi connectivity index (χ0v) is 17.2. The Bertz CT molecular complexity index is 851. The molecule has 0 aliphatic carbocycles. The van der Waals surface area contributed by atoms with Crippen molar-refractivity contribution in [3.63, 3.8) is 0 Å². The van der Waals surface area contributed by atoms with E-state index in [1.54, 1.807) is 19.2 Å². The number of para-hydroxylation sites is 2. The number of rotatable bonds is 5. The fourth-order valence-electron chi connectivity index (χ4n) is 3.56. The normalized spacial score (nSPS) is 15.9. The molecule has 1 atom stereocenters. The van der Waals surface area contributed by atoms with Gasteiger partial charge in [0, 0.05) is 11.1 Å². The lowest BCUT2D eigenvalue weighted by atomic mass is 10.1. The average Bonchev–Trinajstić information content (AvgIpc) is 2.70. The number of carbonyl (C=O) groups excluding carboxylic acids is 1. The summed E-state index contributed by atoms with van der Waals surface area (Å²) in [5, 5.41) is 13.6. The molecule has 1 saturated heterocycles. The van der Waals surface area contributed by atoms with Gasteiger partial charge in [-0.3, -0.25) is 4.79 Å². The quantitative estimate of drug-likeness (QED) is 0.714. The van der Waals surface area contributed by atoms with Gasteiger partial charge in [-0.2, -0.15) is 0 Å². The lowest BCUT2D eigenvalue weighted by molar-refractivity contribution is -0.914. The molecule has 3 rings (SSSR count). The molecular formula is C21H27ClN3O3+. The first-order chi connectivity index (χ1) is 13.4. The van der Waals surface area contributed by atoms with E-state index in [0.29, 0.717) is 22.2 Å². The van der Waals surface area contributed by atoms with Crippen LogP contribution in [0.3, 0.4) is 0 Å². The number of hydrogen-bond donors (Lipinski definition) is 3. The zero-order chi connectivity index (χ0) is 20.3. The van der Waals surface area contributed by atoms with E-state index in [-0.39, 0.29) is 11.9 Å². The highest BCUT2D eigenvalue weighted by Gasteiger charge is 2.30. The van der Waals surface area contributed by atoms with Crippen LogP contribution in [0, 0.1) is 6.92 Å². The highest BCUT2D eigenvalue weighted by atomic mass is 35.5. The minimum Gasteiger partial charge on any atom is -0.506 e. The maximum absolute atomic E-state index is 12.8. The molecule has 2 aromatic carbocycles. The molecule has 150 valence electrons. The van der Waals surface area contributed by atoms with Crippen molar-refractivity contribution in [2.45, 2.75) is 19.9 Å². The first-order valence-electron chi connectivity index (χ1n) is 9.43. The number of halogens is 1. The number of benzene rings is 2. The van der Waals surface area contributed by atoms with Crippen molar-refractivity contribution in [2.24, 2.45) is 0 Å². The van der Waals surface area contributed by atoms with E-state index in [1.807, 2.05) is 38.1 Å². The molecule has 0 spiro atoms. The second kappa shape index (κ2) is 8.71. The first kappa shape index (κ1) is 20.3. The number of hydrogen-bond acceptors (Lipinski definition) is 4. The van der Waals surface area contributed by atoms with E-state index in [2.05, 4.69) is 10.2 Å². The lowest BCUT2D eigenvalue weighted by Gasteiger charge is -2.36. The third kappa shape index (κ3) is 4.34. The number of amides is 1. The molecule has 6 nitrogen and oxygen atoms in total. The van der Waals surface area contributed by atoms with E-state index >= 15 is 0 Å². The summed E-state index contributed by atoms with van der Waals surface area (Å²) in [7, 11) is 1.56. The monoisotopic (exact) mass is 404 g/mol. The highest BCUT2D eigenvalue weighted by Crippen LogP contribution is 2.31. The Morgan fingerprint density at radius 2 is 1.96 bits per heavy atom. The number of aryl methyl sites for hydroxylation is 1. The van der Waals surface area contributed by atoms with E-state index in [1.165, 1.54) is 4.90 Å². The van der Waals surface area contributed by atoms with Crippen LogP contribution >= 0.6 is 11.6 Å². The van der Waals surface area contributed by atoms with Crippen LogP contribution in [0.2, 0.25) is 5.02 Å². The van der Waals surface area contributed by atoms with Gasteiger partial charge < -0.3 is 25.0 Å². The van der Waals surface area contributed by atoms with Crippen LogP contribution < -0.4 is 19.9 Å². The molecule has 1 amide bonds. The summed E-state index contributed by atoms with van der Waals surface area (Å²) >= 11 is 6.14. The number of ether oxygens (including phenoxy) is 1. The minimum absolute atomic E-state index is 0.0500. The van der Waals surface area contributed by atoms with Gasteiger partial charge >= 0.3 is 0 Å². The maximum Gasteiger partial charge on any atom is 0.282 e. The number of methoxy groups -OCH3 is 1. The number of phenols is 1. The van der Waals surface area contributed by atoms with Crippen LogP contribution in [0.4, 0.5) is 11.4 Å². The maximum atomic E-state index is 12.8. The Balaban J connectivity index is 1.62. The van der Waals surface area contributed by atoms with Gasteiger partial charge in [0.15, 0.2) is 6.04 Å². The van der Waals surface area contributed by atoms with Crippen molar-refractivity contribution in [3.05, 3.63) is 47.0 Å². The van der Waals surface area contributed by atoms with Gasteiger partial charge in [0.2, 0.25) is 0 Å². The van der Waals surface area contributed by atoms with Gasteiger partial charge in [-0.15, -0.1) is 0 Å². The van der Waals surface area contributed by atoms with Crippen molar-refractivity contribution < 1.29 is 19.5 Å². The molecule has 1 aliphatic heterocycles. The fraction of sp³-hybridized carbons (Fsp3) is 0.381. The molecule has 28 heavy (non-hydrogen) atoms. The number of phenolic OH excluding ortho intramolecular Hbond substituents is 1. The summed E-state index contributed by atoms with van der Waals surface area (Å²) in [6.07, 6.45) is 0. The third-order valence-corrected chi connectivity index (χ3v) is 5.78. The van der Waals surface area contributed by atoms with Gasteiger partial charge in [-0.1, -0.05) is 23.7 Å². The molecule has 1 fully saturated rings. The Kier molecular flexibility index (Phi) is 6.31. The van der Waals surface area contributed by atoms with Gasteiger partial charge in [0.1, 0.15) is 11.5 Å². The number of quaternary nitrogens is 1. The number of piperazine rings is 1. The number of aromatic hydroxyl groups is 1. The molecule has 2 aromatic rings. The van der Waals surface area contributed by atoms with Crippen molar-refractivity contribution in [1.29, 1.82) is 0 Å². The third-order valence-electron chi connectivity index (χ3n) is 5.37. The van der Waals surface area contributed by atoms with Crippen LogP contribution in [0.25, 0.3) is 0 Å². The lowest BCUT2D eigenvalue weighted by Crippen LogP contribution is -3.19. The number of anilines is 2. The number of carbonyl (C=O) groups is 1. The van der Waals surface area contributed by atoms with E-state index in [9.17, 15) is 9.90 Å². The van der Waals surface area contributed by atoms with Crippen LogP contribution in [-0.2, 0) is 4.79 Å². The SMILES string of the molecule is COc1cc(Cl)c(C)cc1NC(=O)[C@@H](C)[NH+]1CCN(c2ccccc2O)CC1. The van der Waals surface area contributed by atoms with Crippen LogP contribution in [-0.4, -0.2) is 50.3 Å². The molecular weight excluding hydrogens is 378 g/mol. The molecule has 0 bridgehead atoms. The fourth-order valence-corrected chi connectivity index (χ4v) is 3.71. The average molecular weight is 405 g/mol. The molecule has 1 heterocycles. The van der Waals surface area contributed by atoms with Gasteiger partial charge in [0.05, 0.1) is 44.7 Å². The number of nitrogens with zero attached hydrogens (tertiary/aromatic N) is 1. The summed E-state index contributed by atoms with van der Waals surface area (Å²) in [6.45, 7) is 7.04. The predicted molar refractivity (Wildman–Crippen MR) is 112 cm³/mol. The molecule has 0 saturated carbocycles. The van der Waals surface area contributed by atoms with E-state index in [4.69, 9.17) is 16.3 Å². The second-order valence-corrected chi connectivity index (χ2v) is 7.55. The summed E-state index contributed by atoms with van der Waals surface area (Å²) in [6, 6.07) is 10.7. The van der Waals surface area contributed by atoms with Gasteiger partial charge in [-0.25, -0.2) is 0 Å². The minimum atomic E-state index is -0.202. The van der Waals surface area contributed by atoms with Crippen molar-refractivity contribution in [1.82, 2.24) is 0 Å². The predicted octanol–water partition coefficient (Wildman–Crippen LogP) is 2.09. The summed E-state index contributed by atoms with van der Waals surface area (Å²) in [5.41, 5.74) is 2.36. The van der Waals surface area contributed by atoms with E-state index < -0.39 is 0 Å². The van der Waals surface area contributed by atoms with Crippen LogP contribution in [0.15, 0.2) is 36.4 Å². The Labute approximate surface area is 170 Å². The molecule has 0 unspecified atom stereocenters. The van der Waals surface area contributed by atoms with Crippen LogP contribution in [0.1, 0.15) is 12.5 Å². The summed E-state index contributed by atoms with van der Waals surface area (Å²) in [5.74, 6) is 0.795. The van der Waals surface area contributed by atoms with Crippen molar-refractivity contribution >= 4 is 28.9 Å². The van der Waals surface area contributed by atoms with Crippen LogP contribution in [0.5, 0.6) is 11.5 Å². The summed E-state index contributed by atoms with van der Waals surface area (Å²) < 4.78 is 5.35. The molecule has 0 aromatic heterocycles. The molecule has 1 aliphatic rings. The smallest absolute Gasteiger partial charge is 0.282 e. The van der Waals surface area contributed by atoms with Crippen molar-refractivity contribution in [3.8, 4) is 11.5 Å². The zero-order valence-electron chi connectivity index (χ0n) is 16.5. The Hall–Kier alpha value is -2.44. The van der Waals surface area contributed by atoms with Gasteiger partial charge in [-0.05, 0) is 37.6 Å².